The van der Waals surface area contributed by atoms with Crippen LogP contribution in [0.4, 0.5) is 5.95 Å². The Hall–Kier alpha value is -2.13. The fourth-order valence-corrected chi connectivity index (χ4v) is 3.53. The molecular formula is C21H28Cl2N6O2. The van der Waals surface area contributed by atoms with Crippen molar-refractivity contribution in [2.45, 2.75) is 39.2 Å². The molecule has 31 heavy (non-hydrogen) atoms. The van der Waals surface area contributed by atoms with E-state index in [1.807, 2.05) is 6.07 Å². The lowest BCUT2D eigenvalue weighted by molar-refractivity contribution is 0.0951. The van der Waals surface area contributed by atoms with Gasteiger partial charge in [-0.05, 0) is 30.9 Å². The molecule has 0 spiro atoms. The Morgan fingerprint density at radius 3 is 2.74 bits per heavy atom. The number of nitrogens with two attached hydrogens (primary N) is 2. The molecule has 2 heterocycles. The van der Waals surface area contributed by atoms with Gasteiger partial charge in [0.25, 0.3) is 0 Å². The zero-order valence-electron chi connectivity index (χ0n) is 17.7. The second-order valence-electron chi connectivity index (χ2n) is 7.83. The molecular weight excluding hydrogens is 439 g/mol. The predicted octanol–water partition coefficient (Wildman–Crippen LogP) is 3.76. The van der Waals surface area contributed by atoms with Crippen molar-refractivity contribution in [2.75, 3.05) is 25.6 Å². The molecule has 0 aliphatic heterocycles. The minimum absolute atomic E-state index is 0.0143. The maximum atomic E-state index is 6.51. The minimum atomic E-state index is -0.0143. The van der Waals surface area contributed by atoms with Crippen LogP contribution < -0.4 is 16.2 Å². The first-order chi connectivity index (χ1) is 14.9. The number of halogens is 2. The lowest BCUT2D eigenvalue weighted by Crippen LogP contribution is -2.27. The topological polar surface area (TPSA) is 114 Å². The van der Waals surface area contributed by atoms with Gasteiger partial charge in [0, 0.05) is 30.2 Å². The Kier molecular flexibility index (Phi) is 8.31. The molecule has 0 aliphatic rings. The normalized spacial score (nSPS) is 12.6. The fraction of sp³-hybridized carbons (Fsp3) is 0.476. The number of anilines is 1. The van der Waals surface area contributed by atoms with Crippen molar-refractivity contribution < 1.29 is 9.47 Å². The summed E-state index contributed by atoms with van der Waals surface area (Å²) in [5, 5.41) is 5.15. The first-order valence-corrected chi connectivity index (χ1v) is 11.0. The standard InChI is InChI=1S/C21H28Cl2N6O2/c1-13(2)10-30-11-15(24)4-3-7-31-18-6-5-17(22)19(23)16(18)8-14-9-28-29-20(14)26-12-27-21(29)25/h5-6,9,12-13,15H,3-4,7-8,10-11,24H2,1-2H3,(H2,25,26,27)/t15-/m1/s1. The number of ether oxygens (including phenoxy) is 2. The lowest BCUT2D eigenvalue weighted by atomic mass is 10.1. The molecule has 10 heteroatoms. The molecule has 2 aromatic heterocycles. The summed E-state index contributed by atoms with van der Waals surface area (Å²) in [4.78, 5) is 8.22. The van der Waals surface area contributed by atoms with Gasteiger partial charge in [-0.2, -0.15) is 9.61 Å². The van der Waals surface area contributed by atoms with Crippen molar-refractivity contribution in [3.05, 3.63) is 45.8 Å². The molecule has 3 rings (SSSR count). The third-order valence-electron chi connectivity index (χ3n) is 4.68. The van der Waals surface area contributed by atoms with E-state index in [1.165, 1.54) is 10.8 Å². The van der Waals surface area contributed by atoms with Crippen LogP contribution in [0.15, 0.2) is 24.7 Å². The Labute approximate surface area is 191 Å². The average molecular weight is 467 g/mol. The maximum absolute atomic E-state index is 6.51. The SMILES string of the molecule is CC(C)COC[C@H](N)CCCOc1ccc(Cl)c(Cl)c1Cc1cnn2c(N)ncnc12. The molecule has 168 valence electrons. The predicted molar refractivity (Wildman–Crippen MR) is 123 cm³/mol. The van der Waals surface area contributed by atoms with Crippen LogP contribution in [0.1, 0.15) is 37.8 Å². The number of fused-ring (bicyclic) bond motifs is 1. The number of aromatic nitrogens is 4. The van der Waals surface area contributed by atoms with E-state index in [1.54, 1.807) is 12.3 Å². The van der Waals surface area contributed by atoms with Gasteiger partial charge in [-0.1, -0.05) is 37.0 Å². The van der Waals surface area contributed by atoms with Crippen molar-refractivity contribution in [2.24, 2.45) is 11.7 Å². The number of hydrogen-bond acceptors (Lipinski definition) is 7. The first-order valence-electron chi connectivity index (χ1n) is 10.2. The minimum Gasteiger partial charge on any atom is -0.493 e. The van der Waals surface area contributed by atoms with E-state index in [-0.39, 0.29) is 12.0 Å². The summed E-state index contributed by atoms with van der Waals surface area (Å²) in [6.45, 7) is 6.01. The van der Waals surface area contributed by atoms with Gasteiger partial charge in [-0.25, -0.2) is 9.97 Å². The lowest BCUT2D eigenvalue weighted by Gasteiger charge is -2.16. The van der Waals surface area contributed by atoms with Crippen molar-refractivity contribution in [3.8, 4) is 5.75 Å². The molecule has 0 fully saturated rings. The third-order valence-corrected chi connectivity index (χ3v) is 5.53. The quantitative estimate of drug-likeness (QED) is 0.413. The van der Waals surface area contributed by atoms with Gasteiger partial charge in [0.15, 0.2) is 5.65 Å². The molecule has 0 saturated carbocycles. The van der Waals surface area contributed by atoms with Crippen molar-refractivity contribution in [3.63, 3.8) is 0 Å². The van der Waals surface area contributed by atoms with E-state index in [4.69, 9.17) is 44.1 Å². The smallest absolute Gasteiger partial charge is 0.224 e. The summed E-state index contributed by atoms with van der Waals surface area (Å²) in [5.74, 6) is 1.43. The highest BCUT2D eigenvalue weighted by atomic mass is 35.5. The Morgan fingerprint density at radius 2 is 1.97 bits per heavy atom. The average Bonchev–Trinajstić information content (AvgIpc) is 3.14. The van der Waals surface area contributed by atoms with Crippen LogP contribution in [0.5, 0.6) is 5.75 Å². The Bertz CT molecular complexity index is 1010. The second kappa shape index (κ2) is 10.9. The highest BCUT2D eigenvalue weighted by Gasteiger charge is 2.17. The zero-order valence-corrected chi connectivity index (χ0v) is 19.2. The van der Waals surface area contributed by atoms with E-state index >= 15 is 0 Å². The van der Waals surface area contributed by atoms with E-state index < -0.39 is 0 Å². The first kappa shape index (κ1) is 23.5. The molecule has 8 nitrogen and oxygen atoms in total. The Morgan fingerprint density at radius 1 is 1.16 bits per heavy atom. The van der Waals surface area contributed by atoms with Crippen molar-refractivity contribution in [1.29, 1.82) is 0 Å². The number of benzene rings is 1. The van der Waals surface area contributed by atoms with Gasteiger partial charge in [0.1, 0.15) is 12.1 Å². The largest absolute Gasteiger partial charge is 0.493 e. The van der Waals surface area contributed by atoms with Crippen LogP contribution in [0.3, 0.4) is 0 Å². The van der Waals surface area contributed by atoms with Gasteiger partial charge in [0.05, 0.1) is 29.5 Å². The molecule has 0 bridgehead atoms. The maximum Gasteiger partial charge on any atom is 0.224 e. The number of rotatable bonds is 11. The van der Waals surface area contributed by atoms with Crippen LogP contribution in [0, 0.1) is 5.92 Å². The monoisotopic (exact) mass is 466 g/mol. The van der Waals surface area contributed by atoms with Crippen molar-refractivity contribution in [1.82, 2.24) is 19.6 Å². The molecule has 0 amide bonds. The Balaban J connectivity index is 1.64. The zero-order chi connectivity index (χ0) is 22.4. The molecule has 0 aliphatic carbocycles. The summed E-state index contributed by atoms with van der Waals surface area (Å²) >= 11 is 12.8. The van der Waals surface area contributed by atoms with Crippen molar-refractivity contribution >= 4 is 34.8 Å². The molecule has 0 radical (unpaired) electrons. The van der Waals surface area contributed by atoms with Crippen LogP contribution in [-0.4, -0.2) is 45.4 Å². The highest BCUT2D eigenvalue weighted by Crippen LogP contribution is 2.35. The van der Waals surface area contributed by atoms with Crippen LogP contribution in [-0.2, 0) is 11.2 Å². The summed E-state index contributed by atoms with van der Waals surface area (Å²) in [6.07, 6.45) is 5.14. The molecule has 1 aromatic carbocycles. The fourth-order valence-electron chi connectivity index (χ4n) is 3.13. The summed E-state index contributed by atoms with van der Waals surface area (Å²) in [5.41, 5.74) is 14.2. The molecule has 1 atom stereocenters. The third kappa shape index (κ3) is 6.20. The second-order valence-corrected chi connectivity index (χ2v) is 8.62. The van der Waals surface area contributed by atoms with E-state index in [0.29, 0.717) is 47.0 Å². The number of nitrogens with zero attached hydrogens (tertiary/aromatic N) is 4. The van der Waals surface area contributed by atoms with E-state index in [2.05, 4.69) is 28.9 Å². The number of hydrogen-bond donors (Lipinski definition) is 2. The molecule has 0 saturated heterocycles. The van der Waals surface area contributed by atoms with Gasteiger partial charge in [-0.3, -0.25) is 0 Å². The van der Waals surface area contributed by atoms with Gasteiger partial charge >= 0.3 is 0 Å². The van der Waals surface area contributed by atoms with Gasteiger partial charge in [-0.15, -0.1) is 0 Å². The summed E-state index contributed by atoms with van der Waals surface area (Å²) < 4.78 is 13.1. The molecule has 0 unspecified atom stereocenters. The van der Waals surface area contributed by atoms with Crippen LogP contribution in [0.25, 0.3) is 5.65 Å². The van der Waals surface area contributed by atoms with E-state index in [0.717, 1.165) is 30.6 Å². The van der Waals surface area contributed by atoms with Gasteiger partial charge < -0.3 is 20.9 Å². The summed E-state index contributed by atoms with van der Waals surface area (Å²) in [7, 11) is 0. The van der Waals surface area contributed by atoms with Crippen LogP contribution in [0.2, 0.25) is 10.0 Å². The molecule has 3 aromatic rings. The van der Waals surface area contributed by atoms with Gasteiger partial charge in [0.2, 0.25) is 5.95 Å². The summed E-state index contributed by atoms with van der Waals surface area (Å²) in [6, 6.07) is 3.54. The van der Waals surface area contributed by atoms with Crippen LogP contribution >= 0.6 is 23.2 Å². The molecule has 4 N–H and O–H groups in total. The van der Waals surface area contributed by atoms with E-state index in [9.17, 15) is 0 Å². The highest BCUT2D eigenvalue weighted by molar-refractivity contribution is 6.42. The number of nitrogen functional groups attached to an aromatic ring is 1.